The van der Waals surface area contributed by atoms with Gasteiger partial charge in [-0.05, 0) is 24.7 Å². The van der Waals surface area contributed by atoms with Gasteiger partial charge < -0.3 is 14.4 Å². The Kier molecular flexibility index (Phi) is 5.31. The molecule has 5 heteroatoms. The molecule has 0 saturated heterocycles. The van der Waals surface area contributed by atoms with E-state index >= 15 is 0 Å². The second-order valence-corrected chi connectivity index (χ2v) is 5.03. The number of nitrogens with zero attached hydrogens (tertiary/aromatic N) is 1. The summed E-state index contributed by atoms with van der Waals surface area (Å²) in [6, 6.07) is -1.20. The highest BCUT2D eigenvalue weighted by Gasteiger charge is 2.38. The highest BCUT2D eigenvalue weighted by Crippen LogP contribution is 2.33. The van der Waals surface area contributed by atoms with Gasteiger partial charge in [-0.15, -0.1) is 0 Å². The van der Waals surface area contributed by atoms with Crippen molar-refractivity contribution >= 4 is 18.7 Å². The zero-order valence-corrected chi connectivity index (χ0v) is 11.2. The lowest BCUT2D eigenvalue weighted by atomic mass is 9.77. The predicted molar refractivity (Wildman–Crippen MR) is 65.7 cm³/mol. The summed E-state index contributed by atoms with van der Waals surface area (Å²) in [5.41, 5.74) is 0. The maximum Gasteiger partial charge on any atom is 0.336 e. The highest BCUT2D eigenvalue weighted by atomic mass is 16.5. The number of hydrogen-bond donors (Lipinski definition) is 0. The predicted octanol–water partition coefficient (Wildman–Crippen LogP) is 1.01. The molecule has 0 aromatic rings. The molecule has 3 atom stereocenters. The normalized spacial score (nSPS) is 29.2. The van der Waals surface area contributed by atoms with Crippen LogP contribution in [0.15, 0.2) is 0 Å². The third-order valence-electron chi connectivity index (χ3n) is 3.84. The quantitative estimate of drug-likeness (QED) is 0.418. The van der Waals surface area contributed by atoms with Crippen molar-refractivity contribution in [3.63, 3.8) is 0 Å². The fraction of sp³-hybridized carbons (Fsp3) is 0.769. The number of carbonyl (C=O) groups excluding carboxylic acids is 3. The van der Waals surface area contributed by atoms with Crippen molar-refractivity contribution in [1.82, 2.24) is 4.90 Å². The maximum absolute atomic E-state index is 11.5. The minimum absolute atomic E-state index is 0.0782. The zero-order chi connectivity index (χ0) is 13.7. The van der Waals surface area contributed by atoms with Crippen LogP contribution in [0.5, 0.6) is 0 Å². The SMILES string of the molecule is COC(=O)C(C=O)N(C=O)C1C(C)CCCC1C. The van der Waals surface area contributed by atoms with Crippen molar-refractivity contribution in [2.45, 2.75) is 45.2 Å². The highest BCUT2D eigenvalue weighted by molar-refractivity contribution is 5.94. The van der Waals surface area contributed by atoms with Crippen LogP contribution in [0.25, 0.3) is 0 Å². The number of esters is 1. The molecule has 0 bridgehead atoms. The number of aldehydes is 1. The summed E-state index contributed by atoms with van der Waals surface area (Å²) in [7, 11) is 1.22. The van der Waals surface area contributed by atoms with Gasteiger partial charge in [-0.3, -0.25) is 4.79 Å². The summed E-state index contributed by atoms with van der Waals surface area (Å²) in [4.78, 5) is 35.2. The number of methoxy groups -OCH3 is 1. The molecule has 18 heavy (non-hydrogen) atoms. The van der Waals surface area contributed by atoms with Crippen molar-refractivity contribution in [2.75, 3.05) is 7.11 Å². The first-order valence-electron chi connectivity index (χ1n) is 6.32. The Bertz CT molecular complexity index is 308. The lowest BCUT2D eigenvalue weighted by molar-refractivity contribution is -0.154. The van der Waals surface area contributed by atoms with E-state index in [1.54, 1.807) is 0 Å². The molecule has 1 aliphatic rings. The fourth-order valence-electron chi connectivity index (χ4n) is 2.94. The standard InChI is InChI=1S/C13H21NO4/c1-9-5-4-6-10(2)12(9)14(8-16)11(7-15)13(17)18-3/h7-12H,4-6H2,1-3H3. The van der Waals surface area contributed by atoms with E-state index in [1.165, 1.54) is 12.0 Å². The fourth-order valence-corrected chi connectivity index (χ4v) is 2.94. The molecule has 1 amide bonds. The topological polar surface area (TPSA) is 63.7 Å². The summed E-state index contributed by atoms with van der Waals surface area (Å²) in [5, 5.41) is 0. The smallest absolute Gasteiger partial charge is 0.336 e. The van der Waals surface area contributed by atoms with Crippen LogP contribution in [-0.2, 0) is 19.1 Å². The molecular weight excluding hydrogens is 234 g/mol. The van der Waals surface area contributed by atoms with E-state index in [-0.39, 0.29) is 17.9 Å². The minimum atomic E-state index is -1.12. The number of rotatable bonds is 5. The van der Waals surface area contributed by atoms with Crippen LogP contribution < -0.4 is 0 Å². The van der Waals surface area contributed by atoms with Crippen LogP contribution in [0, 0.1) is 11.8 Å². The van der Waals surface area contributed by atoms with Gasteiger partial charge in [0.25, 0.3) is 0 Å². The summed E-state index contributed by atoms with van der Waals surface area (Å²) in [6.45, 7) is 4.10. The van der Waals surface area contributed by atoms with Crippen molar-refractivity contribution in [2.24, 2.45) is 11.8 Å². The second kappa shape index (κ2) is 6.52. The first kappa shape index (κ1) is 14.7. The number of ether oxygens (including phenoxy) is 1. The molecule has 1 rings (SSSR count). The van der Waals surface area contributed by atoms with Gasteiger partial charge in [-0.1, -0.05) is 20.3 Å². The Hall–Kier alpha value is -1.39. The van der Waals surface area contributed by atoms with Gasteiger partial charge in [0, 0.05) is 6.04 Å². The van der Waals surface area contributed by atoms with Crippen LogP contribution in [0.1, 0.15) is 33.1 Å². The van der Waals surface area contributed by atoms with Gasteiger partial charge in [0.15, 0.2) is 12.3 Å². The van der Waals surface area contributed by atoms with E-state index in [1.807, 2.05) is 0 Å². The molecule has 0 radical (unpaired) electrons. The number of hydrogen-bond acceptors (Lipinski definition) is 4. The number of amides is 1. The summed E-state index contributed by atoms with van der Waals surface area (Å²) in [5.74, 6) is -0.112. The van der Waals surface area contributed by atoms with Gasteiger partial charge in [-0.25, -0.2) is 4.79 Å². The van der Waals surface area contributed by atoms with E-state index in [0.29, 0.717) is 12.7 Å². The third-order valence-corrected chi connectivity index (χ3v) is 3.84. The Morgan fingerprint density at radius 3 is 2.22 bits per heavy atom. The summed E-state index contributed by atoms with van der Waals surface area (Å²) >= 11 is 0. The lowest BCUT2D eigenvalue weighted by Crippen LogP contribution is -2.53. The van der Waals surface area contributed by atoms with Crippen LogP contribution in [0.4, 0.5) is 0 Å². The average Bonchev–Trinajstić information content (AvgIpc) is 2.36. The van der Waals surface area contributed by atoms with Gasteiger partial charge in [0.1, 0.15) is 0 Å². The van der Waals surface area contributed by atoms with Crippen LogP contribution in [0.3, 0.4) is 0 Å². The van der Waals surface area contributed by atoms with Crippen LogP contribution in [0.2, 0.25) is 0 Å². The Morgan fingerprint density at radius 2 is 1.83 bits per heavy atom. The zero-order valence-electron chi connectivity index (χ0n) is 11.2. The van der Waals surface area contributed by atoms with Crippen molar-refractivity contribution < 1.29 is 19.1 Å². The molecule has 0 aromatic heterocycles. The van der Waals surface area contributed by atoms with E-state index in [0.717, 1.165) is 19.3 Å². The Balaban J connectivity index is 2.95. The third kappa shape index (κ3) is 2.89. The molecule has 0 aliphatic heterocycles. The van der Waals surface area contributed by atoms with E-state index in [9.17, 15) is 14.4 Å². The number of carbonyl (C=O) groups is 3. The molecule has 102 valence electrons. The van der Waals surface area contributed by atoms with Gasteiger partial charge >= 0.3 is 5.97 Å². The summed E-state index contributed by atoms with van der Waals surface area (Å²) in [6.07, 6.45) is 4.21. The van der Waals surface area contributed by atoms with Crippen molar-refractivity contribution in [1.29, 1.82) is 0 Å². The molecule has 0 N–H and O–H groups in total. The first-order chi connectivity index (χ1) is 8.56. The van der Waals surface area contributed by atoms with Crippen LogP contribution >= 0.6 is 0 Å². The minimum Gasteiger partial charge on any atom is -0.467 e. The maximum atomic E-state index is 11.5. The molecule has 0 aromatic carbocycles. The molecule has 1 fully saturated rings. The molecule has 3 unspecified atom stereocenters. The molecule has 1 aliphatic carbocycles. The monoisotopic (exact) mass is 255 g/mol. The second-order valence-electron chi connectivity index (χ2n) is 5.03. The van der Waals surface area contributed by atoms with Gasteiger partial charge in [0.05, 0.1) is 7.11 Å². The van der Waals surface area contributed by atoms with Crippen molar-refractivity contribution in [3.05, 3.63) is 0 Å². The first-order valence-corrected chi connectivity index (χ1v) is 6.32. The Labute approximate surface area is 107 Å². The summed E-state index contributed by atoms with van der Waals surface area (Å²) < 4.78 is 4.58. The van der Waals surface area contributed by atoms with Crippen LogP contribution in [-0.4, -0.2) is 42.8 Å². The van der Waals surface area contributed by atoms with Crippen molar-refractivity contribution in [3.8, 4) is 0 Å². The lowest BCUT2D eigenvalue weighted by Gasteiger charge is -2.42. The van der Waals surface area contributed by atoms with Gasteiger partial charge in [-0.2, -0.15) is 0 Å². The molecule has 0 spiro atoms. The molecular formula is C13H21NO4. The van der Waals surface area contributed by atoms with Gasteiger partial charge in [0.2, 0.25) is 6.41 Å². The molecule has 5 nitrogen and oxygen atoms in total. The Morgan fingerprint density at radius 1 is 1.28 bits per heavy atom. The molecule has 1 saturated carbocycles. The average molecular weight is 255 g/mol. The van der Waals surface area contributed by atoms with E-state index in [2.05, 4.69) is 18.6 Å². The molecule has 0 heterocycles. The van der Waals surface area contributed by atoms with E-state index in [4.69, 9.17) is 0 Å². The largest absolute Gasteiger partial charge is 0.467 e. The van der Waals surface area contributed by atoms with E-state index < -0.39 is 12.0 Å².